The predicted molar refractivity (Wildman–Crippen MR) is 129 cm³/mol. The molecule has 1 aliphatic carbocycles. The van der Waals surface area contributed by atoms with E-state index in [2.05, 4.69) is 5.32 Å². The summed E-state index contributed by atoms with van der Waals surface area (Å²) in [5.41, 5.74) is 1.13. The number of aromatic hydroxyl groups is 1. The van der Waals surface area contributed by atoms with Gasteiger partial charge in [-0.1, -0.05) is 12.1 Å². The minimum absolute atomic E-state index is 0.0821. The summed E-state index contributed by atoms with van der Waals surface area (Å²) < 4.78 is 10.8. The van der Waals surface area contributed by atoms with Gasteiger partial charge in [-0.3, -0.25) is 14.9 Å². The molecule has 184 valence electrons. The zero-order chi connectivity index (χ0) is 25.3. The number of nitrogens with zero attached hydrogens (tertiary/aromatic N) is 1. The predicted octanol–water partition coefficient (Wildman–Crippen LogP) is 4.54. The molecule has 0 fully saturated rings. The summed E-state index contributed by atoms with van der Waals surface area (Å²) in [4.78, 5) is 38.7. The number of thiophene rings is 1. The average Bonchev–Trinajstić information content (AvgIpc) is 3.34. The summed E-state index contributed by atoms with van der Waals surface area (Å²) in [6.45, 7) is 5.38. The molecule has 2 heterocycles. The van der Waals surface area contributed by atoms with Crippen molar-refractivity contribution in [3.63, 3.8) is 0 Å². The Morgan fingerprint density at radius 3 is 2.69 bits per heavy atom. The second-order valence-electron chi connectivity index (χ2n) is 8.33. The van der Waals surface area contributed by atoms with Crippen LogP contribution in [0, 0.1) is 16.0 Å². The van der Waals surface area contributed by atoms with E-state index in [4.69, 9.17) is 9.47 Å². The van der Waals surface area contributed by atoms with Crippen molar-refractivity contribution in [2.75, 3.05) is 13.2 Å². The number of Topliss-reactive ketones (excluding diaryl/α,β-unsaturated/α-hetero) is 1. The van der Waals surface area contributed by atoms with E-state index in [1.54, 1.807) is 32.1 Å². The van der Waals surface area contributed by atoms with Crippen LogP contribution in [0.1, 0.15) is 49.5 Å². The minimum atomic E-state index is -0.850. The number of hydrogen-bond acceptors (Lipinski definition) is 9. The molecule has 10 heteroatoms. The number of rotatable bonds is 7. The Hall–Kier alpha value is -3.66. The smallest absolute Gasteiger partial charge is 0.336 e. The van der Waals surface area contributed by atoms with E-state index in [1.807, 2.05) is 23.6 Å². The minimum Gasteiger partial charge on any atom is -0.500 e. The van der Waals surface area contributed by atoms with Gasteiger partial charge in [-0.2, -0.15) is 0 Å². The van der Waals surface area contributed by atoms with E-state index < -0.39 is 34.2 Å². The number of nitrogens with one attached hydrogen (secondary N) is 1. The highest BCUT2D eigenvalue weighted by atomic mass is 32.1. The van der Waals surface area contributed by atoms with Crippen LogP contribution < -0.4 is 10.1 Å². The van der Waals surface area contributed by atoms with Crippen LogP contribution >= 0.6 is 11.3 Å². The molecule has 3 atom stereocenters. The molecule has 1 aromatic heterocycles. The number of benzene rings is 1. The Bertz CT molecular complexity index is 1230. The quantitative estimate of drug-likeness (QED) is 0.323. The maximum atomic E-state index is 13.6. The Morgan fingerprint density at radius 1 is 1.29 bits per heavy atom. The van der Waals surface area contributed by atoms with Gasteiger partial charge in [0.05, 0.1) is 29.6 Å². The van der Waals surface area contributed by atoms with Crippen molar-refractivity contribution in [1.82, 2.24) is 5.32 Å². The lowest BCUT2D eigenvalue weighted by Gasteiger charge is -2.39. The molecule has 35 heavy (non-hydrogen) atoms. The molecule has 0 saturated heterocycles. The van der Waals surface area contributed by atoms with Gasteiger partial charge in [0.25, 0.3) is 0 Å². The molecule has 4 rings (SSSR count). The van der Waals surface area contributed by atoms with Crippen LogP contribution in [0.2, 0.25) is 0 Å². The first-order valence-corrected chi connectivity index (χ1v) is 12.2. The second-order valence-corrected chi connectivity index (χ2v) is 9.31. The monoisotopic (exact) mass is 498 g/mol. The van der Waals surface area contributed by atoms with Gasteiger partial charge in [0.2, 0.25) is 5.75 Å². The molecular weight excluding hydrogens is 472 g/mol. The third kappa shape index (κ3) is 4.53. The van der Waals surface area contributed by atoms with E-state index in [0.717, 1.165) is 4.88 Å². The fourth-order valence-corrected chi connectivity index (χ4v) is 5.59. The van der Waals surface area contributed by atoms with Crippen LogP contribution in [0.4, 0.5) is 5.69 Å². The summed E-state index contributed by atoms with van der Waals surface area (Å²) in [5.74, 6) is -3.11. The topological polar surface area (TPSA) is 128 Å². The molecule has 0 bridgehead atoms. The van der Waals surface area contributed by atoms with Crippen molar-refractivity contribution in [2.45, 2.75) is 39.0 Å². The van der Waals surface area contributed by atoms with Crippen LogP contribution in [0.3, 0.4) is 0 Å². The molecule has 3 unspecified atom stereocenters. The van der Waals surface area contributed by atoms with E-state index in [0.29, 0.717) is 17.0 Å². The summed E-state index contributed by atoms with van der Waals surface area (Å²) in [6.07, 6.45) is 2.23. The number of phenols is 1. The maximum Gasteiger partial charge on any atom is 0.336 e. The standard InChI is InChI=1S/C25H26N2O7S/c1-4-33-19-12-15(10-17(24(19)29)27(31)32)22-21(25(30)34-5-2)13(3)26-16-9-14(11-18(28)23(16)22)20-7-6-8-35-20/h6-10,12,14,22-23,26,29H,4-5,11H2,1-3H3. The van der Waals surface area contributed by atoms with Crippen molar-refractivity contribution >= 4 is 28.8 Å². The molecule has 1 aliphatic heterocycles. The molecule has 0 amide bonds. The van der Waals surface area contributed by atoms with Gasteiger partial charge in [-0.15, -0.1) is 11.3 Å². The van der Waals surface area contributed by atoms with Crippen LogP contribution in [-0.2, 0) is 14.3 Å². The highest BCUT2D eigenvalue weighted by molar-refractivity contribution is 7.10. The number of allylic oxidation sites excluding steroid dienone is 3. The Labute approximate surface area is 206 Å². The highest BCUT2D eigenvalue weighted by Crippen LogP contribution is 2.49. The summed E-state index contributed by atoms with van der Waals surface area (Å²) in [7, 11) is 0. The van der Waals surface area contributed by atoms with Crippen LogP contribution in [-0.4, -0.2) is 35.0 Å². The average molecular weight is 499 g/mol. The largest absolute Gasteiger partial charge is 0.500 e. The SMILES string of the molecule is CCOC(=O)C1=C(C)NC2=CC(c3cccs3)CC(=O)C2C1c1cc(OCC)c(O)c([N+](=O)[O-])c1. The Kier molecular flexibility index (Phi) is 6.93. The number of fused-ring (bicyclic) bond motifs is 1. The van der Waals surface area contributed by atoms with Gasteiger partial charge >= 0.3 is 11.7 Å². The number of carbonyl (C=O) groups is 2. The first-order chi connectivity index (χ1) is 16.8. The zero-order valence-corrected chi connectivity index (χ0v) is 20.4. The Morgan fingerprint density at radius 2 is 2.06 bits per heavy atom. The number of ether oxygens (including phenoxy) is 2. The molecule has 2 aromatic rings. The molecule has 0 spiro atoms. The van der Waals surface area contributed by atoms with Crippen LogP contribution in [0.5, 0.6) is 11.5 Å². The molecule has 0 radical (unpaired) electrons. The number of esters is 1. The van der Waals surface area contributed by atoms with Crippen LogP contribution in [0.15, 0.2) is 52.7 Å². The molecule has 1 aromatic carbocycles. The molecular formula is C25H26N2O7S. The van der Waals surface area contributed by atoms with Gasteiger partial charge in [-0.25, -0.2) is 4.79 Å². The van der Waals surface area contributed by atoms with Gasteiger partial charge < -0.3 is 19.9 Å². The van der Waals surface area contributed by atoms with Crippen molar-refractivity contribution in [3.05, 3.63) is 73.2 Å². The fourth-order valence-electron chi connectivity index (χ4n) is 4.80. The molecule has 2 N–H and O–H groups in total. The first-order valence-electron chi connectivity index (χ1n) is 11.3. The normalized spacial score (nSPS) is 21.6. The number of hydrogen-bond donors (Lipinski definition) is 2. The van der Waals surface area contributed by atoms with Crippen molar-refractivity contribution in [3.8, 4) is 11.5 Å². The first kappa shape index (κ1) is 24.5. The molecule has 9 nitrogen and oxygen atoms in total. The number of nitro groups is 1. The van der Waals surface area contributed by atoms with Crippen molar-refractivity contribution in [1.29, 1.82) is 0 Å². The zero-order valence-electron chi connectivity index (χ0n) is 19.6. The van der Waals surface area contributed by atoms with E-state index in [-0.39, 0.29) is 42.7 Å². The summed E-state index contributed by atoms with van der Waals surface area (Å²) >= 11 is 1.57. The number of carbonyl (C=O) groups excluding carboxylic acids is 2. The second kappa shape index (κ2) is 9.91. The number of phenolic OH excluding ortho intramolecular Hbond substituents is 1. The van der Waals surface area contributed by atoms with Gasteiger partial charge in [-0.05, 0) is 43.8 Å². The van der Waals surface area contributed by atoms with Gasteiger partial charge in [0.1, 0.15) is 5.78 Å². The third-order valence-electron chi connectivity index (χ3n) is 6.20. The van der Waals surface area contributed by atoms with E-state index in [9.17, 15) is 24.8 Å². The number of nitro benzene ring substituents is 1. The van der Waals surface area contributed by atoms with Crippen molar-refractivity contribution in [2.24, 2.45) is 5.92 Å². The highest BCUT2D eigenvalue weighted by Gasteiger charge is 2.46. The molecule has 0 saturated carbocycles. The number of ketones is 1. The van der Waals surface area contributed by atoms with Gasteiger partial charge in [0.15, 0.2) is 5.75 Å². The van der Waals surface area contributed by atoms with Crippen molar-refractivity contribution < 1.29 is 29.1 Å². The van der Waals surface area contributed by atoms with Gasteiger partial charge in [0, 0.05) is 40.6 Å². The molecule has 2 aliphatic rings. The lowest BCUT2D eigenvalue weighted by molar-refractivity contribution is -0.386. The van der Waals surface area contributed by atoms with E-state index >= 15 is 0 Å². The lowest BCUT2D eigenvalue weighted by atomic mass is 9.69. The maximum absolute atomic E-state index is 13.6. The van der Waals surface area contributed by atoms with E-state index in [1.165, 1.54) is 12.1 Å². The third-order valence-corrected chi connectivity index (χ3v) is 7.20. The lowest BCUT2D eigenvalue weighted by Crippen LogP contribution is -2.41. The Balaban J connectivity index is 1.92. The summed E-state index contributed by atoms with van der Waals surface area (Å²) in [5, 5.41) is 27.3. The van der Waals surface area contributed by atoms with Crippen LogP contribution in [0.25, 0.3) is 0 Å². The fraction of sp³-hybridized carbons (Fsp3) is 0.360. The summed E-state index contributed by atoms with van der Waals surface area (Å²) in [6, 6.07) is 6.58.